The number of nitrogens with one attached hydrogen (secondary N) is 1. The lowest BCUT2D eigenvalue weighted by Crippen LogP contribution is -2.16. The van der Waals surface area contributed by atoms with Crippen LogP contribution < -0.4 is 15.0 Å². The molecule has 166 valence electrons. The number of halogens is 1. The topological polar surface area (TPSA) is 64.2 Å². The molecule has 0 aliphatic rings. The molecule has 32 heavy (non-hydrogen) atoms. The number of aromatic nitrogens is 2. The maximum atomic E-state index is 13.7. The van der Waals surface area contributed by atoms with Crippen molar-refractivity contribution in [1.29, 1.82) is 0 Å². The number of hydrogen-bond donors (Lipinski definition) is 1. The van der Waals surface area contributed by atoms with Crippen molar-refractivity contribution < 1.29 is 13.9 Å². The third-order valence-corrected chi connectivity index (χ3v) is 5.13. The minimum Gasteiger partial charge on any atom is -0.493 e. The van der Waals surface area contributed by atoms with Gasteiger partial charge in [0.1, 0.15) is 17.4 Å². The van der Waals surface area contributed by atoms with E-state index in [0.29, 0.717) is 34.1 Å². The average Bonchev–Trinajstić information content (AvgIpc) is 2.73. The van der Waals surface area contributed by atoms with Gasteiger partial charge in [-0.2, -0.15) is 0 Å². The molecule has 0 spiro atoms. The van der Waals surface area contributed by atoms with Crippen molar-refractivity contribution in [3.05, 3.63) is 82.0 Å². The van der Waals surface area contributed by atoms with Crippen LogP contribution in [-0.2, 0) is 5.41 Å². The molecule has 3 aromatic rings. The van der Waals surface area contributed by atoms with E-state index in [1.54, 1.807) is 0 Å². The molecule has 0 unspecified atom stereocenters. The Bertz CT molecular complexity index is 1250. The highest BCUT2D eigenvalue weighted by atomic mass is 19.1. The van der Waals surface area contributed by atoms with E-state index in [-0.39, 0.29) is 16.7 Å². The summed E-state index contributed by atoms with van der Waals surface area (Å²) in [6, 6.07) is 8.00. The fraction of sp³-hybridized carbons (Fsp3) is 0.231. The first kappa shape index (κ1) is 23.0. The molecule has 0 fully saturated rings. The summed E-state index contributed by atoms with van der Waals surface area (Å²) in [7, 11) is 1.45. The van der Waals surface area contributed by atoms with E-state index >= 15 is 0 Å². The van der Waals surface area contributed by atoms with Gasteiger partial charge in [0.25, 0.3) is 5.56 Å². The van der Waals surface area contributed by atoms with Crippen molar-refractivity contribution in [3.8, 4) is 28.6 Å². The highest BCUT2D eigenvalue weighted by Gasteiger charge is 2.22. The molecule has 5 nitrogen and oxygen atoms in total. The molecule has 3 rings (SSSR count). The van der Waals surface area contributed by atoms with E-state index in [9.17, 15) is 9.18 Å². The zero-order valence-corrected chi connectivity index (χ0v) is 19.0. The quantitative estimate of drug-likeness (QED) is 0.497. The summed E-state index contributed by atoms with van der Waals surface area (Å²) in [4.78, 5) is 20.1. The summed E-state index contributed by atoms with van der Waals surface area (Å²) in [6.07, 6.45) is 2.96. The summed E-state index contributed by atoms with van der Waals surface area (Å²) < 4.78 is 25.2. The van der Waals surface area contributed by atoms with E-state index in [4.69, 9.17) is 9.47 Å². The Hall–Kier alpha value is -3.67. The number of benzene rings is 2. The van der Waals surface area contributed by atoms with Crippen LogP contribution in [0.1, 0.15) is 43.2 Å². The maximum Gasteiger partial charge on any atom is 0.259 e. The largest absolute Gasteiger partial charge is 0.493 e. The third-order valence-electron chi connectivity index (χ3n) is 5.13. The van der Waals surface area contributed by atoms with Gasteiger partial charge < -0.3 is 14.5 Å². The minimum atomic E-state index is -0.435. The summed E-state index contributed by atoms with van der Waals surface area (Å²) >= 11 is 0. The van der Waals surface area contributed by atoms with Crippen LogP contribution in [-0.4, -0.2) is 17.1 Å². The van der Waals surface area contributed by atoms with E-state index in [0.717, 1.165) is 11.1 Å². The smallest absolute Gasteiger partial charge is 0.259 e. The maximum absolute atomic E-state index is 13.7. The van der Waals surface area contributed by atoms with Gasteiger partial charge in [-0.25, -0.2) is 9.37 Å². The molecule has 0 radical (unpaired) electrons. The molecule has 6 heteroatoms. The van der Waals surface area contributed by atoms with Gasteiger partial charge in [-0.3, -0.25) is 4.79 Å². The van der Waals surface area contributed by atoms with Crippen molar-refractivity contribution in [3.63, 3.8) is 0 Å². The standard InChI is InChI=1S/C26H27FN2O3/c1-8-18-19(9-2)28-24(29-25(18)30)23-15(3)12-16(26(4,5)6)13-22(23)32-20-11-10-17(27)14-21(20)31-7/h8-14H,1-2H2,3-7H3,(H,28,29,30). The summed E-state index contributed by atoms with van der Waals surface area (Å²) in [6.45, 7) is 15.7. The predicted octanol–water partition coefficient (Wildman–Crippen LogP) is 6.27. The van der Waals surface area contributed by atoms with Gasteiger partial charge >= 0.3 is 0 Å². The van der Waals surface area contributed by atoms with Crippen molar-refractivity contribution >= 4 is 12.2 Å². The van der Waals surface area contributed by atoms with Crippen LogP contribution in [0.3, 0.4) is 0 Å². The van der Waals surface area contributed by atoms with Gasteiger partial charge in [0.2, 0.25) is 0 Å². The Balaban J connectivity index is 2.30. The Morgan fingerprint density at radius 3 is 2.38 bits per heavy atom. The number of H-pyrrole nitrogens is 1. The number of nitrogens with zero attached hydrogens (tertiary/aromatic N) is 1. The SMILES string of the molecule is C=Cc1nc(-c2c(C)cc(C(C)(C)C)cc2Oc2ccc(F)cc2OC)[nH]c(=O)c1C=C. The normalized spacial score (nSPS) is 11.2. The van der Waals surface area contributed by atoms with Gasteiger partial charge in [0.15, 0.2) is 11.5 Å². The van der Waals surface area contributed by atoms with Gasteiger partial charge in [-0.1, -0.05) is 46.1 Å². The van der Waals surface area contributed by atoms with Gasteiger partial charge in [-0.15, -0.1) is 0 Å². The number of aromatic amines is 1. The predicted molar refractivity (Wildman–Crippen MR) is 127 cm³/mol. The molecule has 0 aliphatic carbocycles. The minimum absolute atomic E-state index is 0.159. The molecule has 0 atom stereocenters. The molecule has 1 heterocycles. The Labute approximate surface area is 187 Å². The second-order valence-electron chi connectivity index (χ2n) is 8.44. The molecular weight excluding hydrogens is 407 g/mol. The first-order chi connectivity index (χ1) is 15.1. The highest BCUT2D eigenvalue weighted by molar-refractivity contribution is 5.72. The highest BCUT2D eigenvalue weighted by Crippen LogP contribution is 2.41. The van der Waals surface area contributed by atoms with Crippen molar-refractivity contribution in [2.24, 2.45) is 0 Å². The van der Waals surface area contributed by atoms with Gasteiger partial charge in [0, 0.05) is 6.07 Å². The van der Waals surface area contributed by atoms with Crippen LogP contribution in [0.4, 0.5) is 4.39 Å². The molecule has 1 N–H and O–H groups in total. The Morgan fingerprint density at radius 1 is 1.06 bits per heavy atom. The number of hydrogen-bond acceptors (Lipinski definition) is 4. The second-order valence-corrected chi connectivity index (χ2v) is 8.44. The molecule has 2 aromatic carbocycles. The lowest BCUT2D eigenvalue weighted by Gasteiger charge is -2.23. The first-order valence-corrected chi connectivity index (χ1v) is 10.1. The molecule has 0 amide bonds. The van der Waals surface area contributed by atoms with Gasteiger partial charge in [0.05, 0.1) is 23.9 Å². The molecule has 0 saturated carbocycles. The fourth-order valence-electron chi connectivity index (χ4n) is 3.39. The average molecular weight is 435 g/mol. The fourth-order valence-corrected chi connectivity index (χ4v) is 3.39. The lowest BCUT2D eigenvalue weighted by atomic mass is 9.85. The first-order valence-electron chi connectivity index (χ1n) is 10.1. The van der Waals surface area contributed by atoms with Crippen molar-refractivity contribution in [2.45, 2.75) is 33.1 Å². The third kappa shape index (κ3) is 4.49. The van der Waals surface area contributed by atoms with Crippen LogP contribution in [0.15, 0.2) is 48.3 Å². The van der Waals surface area contributed by atoms with Crippen molar-refractivity contribution in [1.82, 2.24) is 9.97 Å². The number of rotatable bonds is 6. The summed E-state index contributed by atoms with van der Waals surface area (Å²) in [5, 5.41) is 0. The van der Waals surface area contributed by atoms with Crippen LogP contribution in [0.2, 0.25) is 0 Å². The summed E-state index contributed by atoms with van der Waals surface area (Å²) in [5.41, 5.74) is 2.78. The number of aryl methyl sites for hydroxylation is 1. The number of ether oxygens (including phenoxy) is 2. The van der Waals surface area contributed by atoms with Crippen LogP contribution in [0.25, 0.3) is 23.5 Å². The van der Waals surface area contributed by atoms with E-state index in [1.807, 2.05) is 19.1 Å². The lowest BCUT2D eigenvalue weighted by molar-refractivity contribution is 0.375. The zero-order chi connectivity index (χ0) is 23.6. The van der Waals surface area contributed by atoms with Crippen molar-refractivity contribution in [2.75, 3.05) is 7.11 Å². The van der Waals surface area contributed by atoms with Crippen LogP contribution in [0.5, 0.6) is 17.2 Å². The Kier molecular flexibility index (Phi) is 6.35. The molecule has 1 aromatic heterocycles. The number of methoxy groups -OCH3 is 1. The van der Waals surface area contributed by atoms with Crippen LogP contribution >= 0.6 is 0 Å². The zero-order valence-electron chi connectivity index (χ0n) is 19.0. The van der Waals surface area contributed by atoms with E-state index in [2.05, 4.69) is 43.9 Å². The van der Waals surface area contributed by atoms with E-state index in [1.165, 1.54) is 37.5 Å². The summed E-state index contributed by atoms with van der Waals surface area (Å²) in [5.74, 6) is 0.962. The molecule has 0 bridgehead atoms. The molecule has 0 aliphatic heterocycles. The van der Waals surface area contributed by atoms with Gasteiger partial charge in [-0.05, 0) is 47.7 Å². The molecular formula is C26H27FN2O3. The monoisotopic (exact) mass is 434 g/mol. The Morgan fingerprint density at radius 2 is 1.78 bits per heavy atom. The van der Waals surface area contributed by atoms with E-state index < -0.39 is 5.82 Å². The van der Waals surface area contributed by atoms with Crippen LogP contribution in [0, 0.1) is 12.7 Å². The second kappa shape index (κ2) is 8.83. The molecule has 0 saturated heterocycles.